The first-order chi connectivity index (χ1) is 10.2. The highest BCUT2D eigenvalue weighted by atomic mass is 79.9. The Hall–Kier alpha value is -2.13. The number of benzene rings is 2. The molecule has 0 aliphatic heterocycles. The molecule has 2 nitrogen and oxygen atoms in total. The predicted octanol–water partition coefficient (Wildman–Crippen LogP) is 5.45. The third-order valence-corrected chi connectivity index (χ3v) is 4.33. The molecule has 0 atom stereocenters. The maximum Gasteiger partial charge on any atom is 0.0738 e. The number of aromatic nitrogens is 2. The minimum absolute atomic E-state index is 1.00. The van der Waals surface area contributed by atoms with Gasteiger partial charge in [-0.1, -0.05) is 40.2 Å². The zero-order valence-electron chi connectivity index (χ0n) is 11.5. The lowest BCUT2D eigenvalue weighted by molar-refractivity contribution is 1.36. The maximum absolute atomic E-state index is 4.86. The summed E-state index contributed by atoms with van der Waals surface area (Å²) in [6.07, 6.45) is 2.03. The maximum atomic E-state index is 4.86. The second-order valence-corrected chi connectivity index (χ2v) is 6.15. The van der Waals surface area contributed by atoms with Crippen LogP contribution in [-0.4, -0.2) is 9.97 Å². The number of fused-ring (bicyclic) bond motifs is 2. The van der Waals surface area contributed by atoms with Crippen molar-refractivity contribution in [3.05, 3.63) is 64.8 Å². The number of aryl methyl sites for hydroxylation is 1. The number of nitrogens with one attached hydrogen (secondary N) is 1. The van der Waals surface area contributed by atoms with Gasteiger partial charge in [-0.2, -0.15) is 0 Å². The molecule has 2 aromatic carbocycles. The minimum Gasteiger partial charge on any atom is -0.360 e. The van der Waals surface area contributed by atoms with Gasteiger partial charge in [-0.3, -0.25) is 0 Å². The van der Waals surface area contributed by atoms with Crippen molar-refractivity contribution in [3.8, 4) is 11.3 Å². The molecule has 0 aliphatic carbocycles. The molecule has 102 valence electrons. The Morgan fingerprint density at radius 1 is 1.05 bits per heavy atom. The number of H-pyrrole nitrogens is 1. The van der Waals surface area contributed by atoms with Crippen LogP contribution in [0.4, 0.5) is 0 Å². The van der Waals surface area contributed by atoms with Crippen LogP contribution in [0.1, 0.15) is 5.56 Å². The van der Waals surface area contributed by atoms with Crippen LogP contribution in [0.25, 0.3) is 33.1 Å². The summed E-state index contributed by atoms with van der Waals surface area (Å²) in [7, 11) is 0. The zero-order valence-corrected chi connectivity index (χ0v) is 13.1. The lowest BCUT2D eigenvalue weighted by Gasteiger charge is -2.05. The van der Waals surface area contributed by atoms with E-state index in [1.165, 1.54) is 16.3 Å². The van der Waals surface area contributed by atoms with Crippen molar-refractivity contribution in [3.63, 3.8) is 0 Å². The molecule has 0 saturated heterocycles. The molecule has 0 radical (unpaired) electrons. The average Bonchev–Trinajstić information content (AvgIpc) is 2.90. The average molecular weight is 337 g/mol. The molecule has 3 heteroatoms. The summed E-state index contributed by atoms with van der Waals surface area (Å²) < 4.78 is 1.08. The van der Waals surface area contributed by atoms with Crippen molar-refractivity contribution in [2.75, 3.05) is 0 Å². The van der Waals surface area contributed by atoms with Crippen molar-refractivity contribution < 1.29 is 0 Å². The van der Waals surface area contributed by atoms with Gasteiger partial charge < -0.3 is 4.98 Å². The second-order valence-electron chi connectivity index (χ2n) is 5.24. The third-order valence-electron chi connectivity index (χ3n) is 3.84. The van der Waals surface area contributed by atoms with Crippen LogP contribution in [0.5, 0.6) is 0 Å². The van der Waals surface area contributed by atoms with Gasteiger partial charge in [0.15, 0.2) is 0 Å². The Balaban J connectivity index is 2.00. The number of aromatic amines is 1. The van der Waals surface area contributed by atoms with Crippen LogP contribution in [0, 0.1) is 6.92 Å². The summed E-state index contributed by atoms with van der Waals surface area (Å²) in [5.41, 5.74) is 5.53. The van der Waals surface area contributed by atoms with E-state index in [-0.39, 0.29) is 0 Å². The van der Waals surface area contributed by atoms with Crippen LogP contribution >= 0.6 is 15.9 Å². The molecule has 0 amide bonds. The molecule has 4 aromatic rings. The molecule has 0 spiro atoms. The Labute approximate surface area is 131 Å². The summed E-state index contributed by atoms with van der Waals surface area (Å²) in [5, 5.41) is 2.37. The van der Waals surface area contributed by atoms with Crippen LogP contribution in [0.2, 0.25) is 0 Å². The summed E-state index contributed by atoms with van der Waals surface area (Å²) in [4.78, 5) is 8.18. The minimum atomic E-state index is 1.00. The van der Waals surface area contributed by atoms with E-state index in [1.807, 2.05) is 12.3 Å². The Morgan fingerprint density at radius 2 is 1.95 bits per heavy atom. The molecular weight excluding hydrogens is 324 g/mol. The fraction of sp³-hybridized carbons (Fsp3) is 0.0556. The van der Waals surface area contributed by atoms with Gasteiger partial charge in [-0.25, -0.2) is 4.98 Å². The summed E-state index contributed by atoms with van der Waals surface area (Å²) in [6.45, 7) is 2.10. The normalized spacial score (nSPS) is 11.3. The quantitative estimate of drug-likeness (QED) is 0.491. The Kier molecular flexibility index (Phi) is 2.82. The van der Waals surface area contributed by atoms with Crippen LogP contribution < -0.4 is 0 Å². The van der Waals surface area contributed by atoms with Crippen LogP contribution in [0.15, 0.2) is 59.2 Å². The van der Waals surface area contributed by atoms with Crippen LogP contribution in [-0.2, 0) is 0 Å². The first kappa shape index (κ1) is 12.6. The largest absolute Gasteiger partial charge is 0.360 e. The van der Waals surface area contributed by atoms with Crippen molar-refractivity contribution in [2.24, 2.45) is 0 Å². The summed E-state index contributed by atoms with van der Waals surface area (Å²) >= 11 is 3.54. The van der Waals surface area contributed by atoms with Gasteiger partial charge in [-0.15, -0.1) is 0 Å². The number of halogens is 1. The highest BCUT2D eigenvalue weighted by Crippen LogP contribution is 2.31. The van der Waals surface area contributed by atoms with E-state index in [4.69, 9.17) is 4.98 Å². The standard InChI is InChI=1S/C18H13BrN2/c1-11-3-2-4-12-5-7-17(21-18(11)12)15-10-20-16-8-6-13(19)9-14(15)16/h2-10,20H,1H3. The smallest absolute Gasteiger partial charge is 0.0738 e. The molecule has 0 bridgehead atoms. The highest BCUT2D eigenvalue weighted by Gasteiger charge is 2.09. The SMILES string of the molecule is Cc1cccc2ccc(-c3c[nH]c4ccc(Br)cc34)nc12. The van der Waals surface area contributed by atoms with Crippen molar-refractivity contribution in [2.45, 2.75) is 6.92 Å². The van der Waals surface area contributed by atoms with Gasteiger partial charge in [0.05, 0.1) is 11.2 Å². The summed E-state index contributed by atoms with van der Waals surface area (Å²) in [5.74, 6) is 0. The molecule has 0 unspecified atom stereocenters. The summed E-state index contributed by atoms with van der Waals surface area (Å²) in [6, 6.07) is 16.8. The van der Waals surface area contributed by atoms with Crippen LogP contribution in [0.3, 0.4) is 0 Å². The van der Waals surface area contributed by atoms with Gasteiger partial charge in [0.2, 0.25) is 0 Å². The van der Waals surface area contributed by atoms with E-state index in [2.05, 4.69) is 70.3 Å². The number of pyridine rings is 1. The van der Waals surface area contributed by atoms with E-state index in [9.17, 15) is 0 Å². The van der Waals surface area contributed by atoms with Gasteiger partial charge in [0, 0.05) is 32.5 Å². The van der Waals surface area contributed by atoms with E-state index >= 15 is 0 Å². The monoisotopic (exact) mass is 336 g/mol. The molecular formula is C18H13BrN2. The van der Waals surface area contributed by atoms with Gasteiger partial charge >= 0.3 is 0 Å². The van der Waals surface area contributed by atoms with Crippen molar-refractivity contribution in [1.82, 2.24) is 9.97 Å². The highest BCUT2D eigenvalue weighted by molar-refractivity contribution is 9.10. The lowest BCUT2D eigenvalue weighted by Crippen LogP contribution is -1.87. The molecule has 4 rings (SSSR count). The van der Waals surface area contributed by atoms with Gasteiger partial charge in [0.1, 0.15) is 0 Å². The fourth-order valence-electron chi connectivity index (χ4n) is 2.75. The zero-order chi connectivity index (χ0) is 14.4. The van der Waals surface area contributed by atoms with Gasteiger partial charge in [-0.05, 0) is 36.8 Å². The molecule has 0 saturated carbocycles. The predicted molar refractivity (Wildman–Crippen MR) is 91.5 cm³/mol. The second kappa shape index (κ2) is 4.71. The first-order valence-electron chi connectivity index (χ1n) is 6.86. The van der Waals surface area contributed by atoms with E-state index in [0.717, 1.165) is 26.8 Å². The number of nitrogens with zero attached hydrogens (tertiary/aromatic N) is 1. The molecule has 21 heavy (non-hydrogen) atoms. The molecule has 0 aliphatic rings. The van der Waals surface area contributed by atoms with E-state index < -0.39 is 0 Å². The number of hydrogen-bond donors (Lipinski definition) is 1. The Bertz CT molecular complexity index is 969. The molecule has 2 heterocycles. The fourth-order valence-corrected chi connectivity index (χ4v) is 3.11. The third kappa shape index (κ3) is 2.05. The molecule has 2 aromatic heterocycles. The van der Waals surface area contributed by atoms with E-state index in [0.29, 0.717) is 0 Å². The molecule has 1 N–H and O–H groups in total. The molecule has 0 fully saturated rings. The topological polar surface area (TPSA) is 28.7 Å². The van der Waals surface area contributed by atoms with Crippen molar-refractivity contribution >= 4 is 37.7 Å². The van der Waals surface area contributed by atoms with E-state index in [1.54, 1.807) is 0 Å². The number of hydrogen-bond acceptors (Lipinski definition) is 1. The van der Waals surface area contributed by atoms with Crippen molar-refractivity contribution in [1.29, 1.82) is 0 Å². The Morgan fingerprint density at radius 3 is 2.86 bits per heavy atom. The lowest BCUT2D eigenvalue weighted by atomic mass is 10.1. The van der Waals surface area contributed by atoms with Gasteiger partial charge in [0.25, 0.3) is 0 Å². The first-order valence-corrected chi connectivity index (χ1v) is 7.65. The number of rotatable bonds is 1. The number of para-hydroxylation sites is 1.